The van der Waals surface area contributed by atoms with Crippen molar-refractivity contribution in [2.75, 3.05) is 6.61 Å². The Kier molecular flexibility index (Phi) is 6.12. The highest BCUT2D eigenvalue weighted by Gasteiger charge is 2.08. The third-order valence-electron chi connectivity index (χ3n) is 4.09. The molecule has 0 radical (unpaired) electrons. The molecule has 3 aromatic rings. The maximum Gasteiger partial charge on any atom is 0.279 e. The third-order valence-corrected chi connectivity index (χ3v) is 5.42. The minimum Gasteiger partial charge on any atom is -0.494 e. The van der Waals surface area contributed by atoms with Crippen LogP contribution in [0.15, 0.2) is 47.5 Å². The Balaban J connectivity index is 1.77. The van der Waals surface area contributed by atoms with E-state index in [1.54, 1.807) is 12.1 Å². The lowest BCUT2D eigenvalue weighted by Gasteiger charge is -2.05. The number of aromatic nitrogens is 1. The zero-order valence-corrected chi connectivity index (χ0v) is 16.4. The largest absolute Gasteiger partial charge is 0.494 e. The number of amides is 1. The molecule has 0 spiro atoms. The molecule has 0 bridgehead atoms. The summed E-state index contributed by atoms with van der Waals surface area (Å²) in [6.07, 6.45) is 3.37. The number of carbonyl (C=O) groups is 1. The molecule has 0 aliphatic carbocycles. The number of fused-ring (bicyclic) bond motifs is 1. The Hall–Kier alpha value is -2.11. The van der Waals surface area contributed by atoms with Crippen molar-refractivity contribution in [3.05, 3.63) is 57.9 Å². The number of thiazole rings is 1. The van der Waals surface area contributed by atoms with E-state index in [4.69, 9.17) is 16.3 Å². The molecule has 0 unspecified atom stereocenters. The molecule has 0 aliphatic heterocycles. The minimum atomic E-state index is -0.268. The summed E-state index contributed by atoms with van der Waals surface area (Å²) >= 11 is 7.48. The lowest BCUT2D eigenvalue weighted by Crippen LogP contribution is -2.13. The number of ether oxygens (including phenoxy) is 1. The number of nitrogens with zero attached hydrogens (tertiary/aromatic N) is 2. The molecule has 4 nitrogen and oxygen atoms in total. The van der Waals surface area contributed by atoms with Crippen molar-refractivity contribution >= 4 is 39.1 Å². The molecule has 0 aliphatic rings. The molecular weight excluding hydrogens is 368 g/mol. The topological polar surface area (TPSA) is 43.6 Å². The summed E-state index contributed by atoms with van der Waals surface area (Å²) in [6.45, 7) is 2.86. The molecule has 3 rings (SSSR count). The minimum absolute atomic E-state index is 0.268. The van der Waals surface area contributed by atoms with Crippen molar-refractivity contribution in [2.45, 2.75) is 26.2 Å². The number of unbranched alkanes of at least 4 members (excludes halogenated alkanes) is 2. The van der Waals surface area contributed by atoms with Gasteiger partial charge in [0.2, 0.25) is 0 Å². The molecule has 1 aromatic heterocycles. The van der Waals surface area contributed by atoms with Crippen LogP contribution in [0.5, 0.6) is 5.75 Å². The Labute approximate surface area is 161 Å². The standard InChI is InChI=1S/C20H21ClN2O2S/c1-3-4-5-12-25-16-9-6-14(7-10-16)19(24)22-20-23(2)17-11-8-15(21)13-18(17)26-20/h6-11,13H,3-5,12H2,1-2H3. The van der Waals surface area contributed by atoms with Crippen molar-refractivity contribution in [3.63, 3.8) is 0 Å². The number of hydrogen-bond acceptors (Lipinski definition) is 3. The first-order chi connectivity index (χ1) is 12.6. The van der Waals surface area contributed by atoms with E-state index in [1.165, 1.54) is 17.8 Å². The van der Waals surface area contributed by atoms with Crippen LogP contribution in [0, 0.1) is 0 Å². The van der Waals surface area contributed by atoms with Crippen molar-refractivity contribution < 1.29 is 9.53 Å². The lowest BCUT2D eigenvalue weighted by atomic mass is 10.2. The second-order valence-electron chi connectivity index (χ2n) is 6.05. The van der Waals surface area contributed by atoms with E-state index in [2.05, 4.69) is 11.9 Å². The molecule has 1 amide bonds. The van der Waals surface area contributed by atoms with Gasteiger partial charge in [-0.25, -0.2) is 0 Å². The van der Waals surface area contributed by atoms with Crippen LogP contribution >= 0.6 is 22.9 Å². The number of rotatable bonds is 6. The first-order valence-electron chi connectivity index (χ1n) is 8.65. The summed E-state index contributed by atoms with van der Waals surface area (Å²) < 4.78 is 8.58. The van der Waals surface area contributed by atoms with E-state index in [0.717, 1.165) is 28.8 Å². The maximum atomic E-state index is 12.5. The average Bonchev–Trinajstić information content (AvgIpc) is 2.94. The highest BCUT2D eigenvalue weighted by molar-refractivity contribution is 7.16. The van der Waals surface area contributed by atoms with Gasteiger partial charge in [-0.2, -0.15) is 4.99 Å². The van der Waals surface area contributed by atoms with Gasteiger partial charge >= 0.3 is 0 Å². The predicted molar refractivity (Wildman–Crippen MR) is 107 cm³/mol. The van der Waals surface area contributed by atoms with Crippen LogP contribution in [0.1, 0.15) is 36.5 Å². The van der Waals surface area contributed by atoms with Crippen LogP contribution < -0.4 is 9.54 Å². The summed E-state index contributed by atoms with van der Waals surface area (Å²) in [5.41, 5.74) is 1.54. The van der Waals surface area contributed by atoms with E-state index < -0.39 is 0 Å². The zero-order valence-electron chi connectivity index (χ0n) is 14.9. The second kappa shape index (κ2) is 8.52. The van der Waals surface area contributed by atoms with Gasteiger partial charge in [0.25, 0.3) is 5.91 Å². The highest BCUT2D eigenvalue weighted by Crippen LogP contribution is 2.21. The van der Waals surface area contributed by atoms with Gasteiger partial charge < -0.3 is 9.30 Å². The van der Waals surface area contributed by atoms with Crippen molar-refractivity contribution in [1.82, 2.24) is 4.57 Å². The lowest BCUT2D eigenvalue weighted by molar-refractivity contribution is 0.0998. The fourth-order valence-electron chi connectivity index (χ4n) is 2.60. The van der Waals surface area contributed by atoms with E-state index in [9.17, 15) is 4.79 Å². The first kappa shape index (κ1) is 18.7. The summed E-state index contributed by atoms with van der Waals surface area (Å²) in [5, 5.41) is 0.673. The van der Waals surface area contributed by atoms with E-state index in [-0.39, 0.29) is 5.91 Å². The predicted octanol–water partition coefficient (Wildman–Crippen LogP) is 5.20. The molecule has 0 saturated carbocycles. The maximum absolute atomic E-state index is 12.5. The molecule has 6 heteroatoms. The second-order valence-corrected chi connectivity index (χ2v) is 7.50. The quantitative estimate of drug-likeness (QED) is 0.544. The van der Waals surface area contributed by atoms with Gasteiger partial charge in [0.1, 0.15) is 5.75 Å². The number of halogens is 1. The molecule has 1 heterocycles. The molecular formula is C20H21ClN2O2S. The molecule has 0 saturated heterocycles. The van der Waals surface area contributed by atoms with Crippen LogP contribution in [0.25, 0.3) is 10.2 Å². The van der Waals surface area contributed by atoms with Gasteiger partial charge in [-0.05, 0) is 48.9 Å². The van der Waals surface area contributed by atoms with Gasteiger partial charge in [0.15, 0.2) is 4.80 Å². The van der Waals surface area contributed by atoms with Gasteiger partial charge in [-0.1, -0.05) is 42.7 Å². The molecule has 136 valence electrons. The molecule has 26 heavy (non-hydrogen) atoms. The van der Waals surface area contributed by atoms with Crippen LogP contribution in [-0.2, 0) is 7.05 Å². The summed E-state index contributed by atoms with van der Waals surface area (Å²) in [7, 11) is 1.89. The Morgan fingerprint density at radius 2 is 1.96 bits per heavy atom. The summed E-state index contributed by atoms with van der Waals surface area (Å²) in [5.74, 6) is 0.510. The van der Waals surface area contributed by atoms with Crippen molar-refractivity contribution in [3.8, 4) is 5.75 Å². The Morgan fingerprint density at radius 1 is 1.19 bits per heavy atom. The number of hydrogen-bond donors (Lipinski definition) is 0. The zero-order chi connectivity index (χ0) is 18.5. The van der Waals surface area contributed by atoms with Crippen molar-refractivity contribution in [1.29, 1.82) is 0 Å². The van der Waals surface area contributed by atoms with Gasteiger partial charge in [0.05, 0.1) is 16.8 Å². The van der Waals surface area contributed by atoms with Crippen LogP contribution in [0.3, 0.4) is 0 Å². The van der Waals surface area contributed by atoms with Crippen LogP contribution in [-0.4, -0.2) is 17.1 Å². The highest BCUT2D eigenvalue weighted by atomic mass is 35.5. The molecule has 0 fully saturated rings. The van der Waals surface area contributed by atoms with Gasteiger partial charge in [0, 0.05) is 17.6 Å². The Bertz CT molecular complexity index is 974. The fraction of sp³-hybridized carbons (Fsp3) is 0.300. The number of benzene rings is 2. The monoisotopic (exact) mass is 388 g/mol. The van der Waals surface area contributed by atoms with Gasteiger partial charge in [-0.3, -0.25) is 4.79 Å². The summed E-state index contributed by atoms with van der Waals surface area (Å²) in [6, 6.07) is 12.8. The van der Waals surface area contributed by atoms with E-state index in [0.29, 0.717) is 22.0 Å². The number of carbonyl (C=O) groups excluding carboxylic acids is 1. The average molecular weight is 389 g/mol. The third kappa shape index (κ3) is 4.34. The molecule has 0 N–H and O–H groups in total. The Morgan fingerprint density at radius 3 is 2.69 bits per heavy atom. The van der Waals surface area contributed by atoms with E-state index >= 15 is 0 Å². The van der Waals surface area contributed by atoms with Crippen LogP contribution in [0.2, 0.25) is 5.02 Å². The fourth-order valence-corrected chi connectivity index (χ4v) is 3.89. The SMILES string of the molecule is CCCCCOc1ccc(C(=O)N=c2sc3cc(Cl)ccc3n2C)cc1. The van der Waals surface area contributed by atoms with E-state index in [1.807, 2.05) is 41.9 Å². The van der Waals surface area contributed by atoms with Gasteiger partial charge in [-0.15, -0.1) is 0 Å². The van der Waals surface area contributed by atoms with Crippen LogP contribution in [0.4, 0.5) is 0 Å². The van der Waals surface area contributed by atoms with Crippen molar-refractivity contribution in [2.24, 2.45) is 12.0 Å². The molecule has 0 atom stereocenters. The molecule has 2 aromatic carbocycles. The number of aryl methyl sites for hydroxylation is 1. The smallest absolute Gasteiger partial charge is 0.279 e. The summed E-state index contributed by atoms with van der Waals surface area (Å²) in [4.78, 5) is 17.4. The normalized spacial score (nSPS) is 11.9. The first-order valence-corrected chi connectivity index (χ1v) is 9.85.